The minimum atomic E-state index is -0.472. The van der Waals surface area contributed by atoms with E-state index in [1.807, 2.05) is 6.92 Å². The highest BCUT2D eigenvalue weighted by Crippen LogP contribution is 2.19. The number of rotatable bonds is 4. The summed E-state index contributed by atoms with van der Waals surface area (Å²) < 4.78 is 14.8. The SMILES string of the molecule is CCn1ncc(Cl)c1CNC(=S)Nc1ccc(F)c(Cl)c1. The number of halogens is 3. The van der Waals surface area contributed by atoms with Crippen molar-refractivity contribution in [1.82, 2.24) is 15.1 Å². The van der Waals surface area contributed by atoms with Crippen LogP contribution >= 0.6 is 35.4 Å². The van der Waals surface area contributed by atoms with E-state index in [0.29, 0.717) is 22.4 Å². The minimum absolute atomic E-state index is 0.0369. The molecule has 1 aromatic carbocycles. The second-order valence-corrected chi connectivity index (χ2v) is 5.41. The van der Waals surface area contributed by atoms with Gasteiger partial charge in [-0.25, -0.2) is 4.39 Å². The fourth-order valence-corrected chi connectivity index (χ4v) is 2.33. The van der Waals surface area contributed by atoms with Gasteiger partial charge in [0, 0.05) is 12.2 Å². The van der Waals surface area contributed by atoms with Crippen LogP contribution in [0.3, 0.4) is 0 Å². The monoisotopic (exact) mass is 346 g/mol. The Balaban J connectivity index is 1.95. The van der Waals surface area contributed by atoms with Crippen LogP contribution in [0.5, 0.6) is 0 Å². The number of thiocarbonyl (C=S) groups is 1. The third-order valence-corrected chi connectivity index (χ3v) is 3.64. The van der Waals surface area contributed by atoms with Crippen molar-refractivity contribution in [2.75, 3.05) is 5.32 Å². The number of nitrogens with zero attached hydrogens (tertiary/aromatic N) is 2. The van der Waals surface area contributed by atoms with Crippen molar-refractivity contribution >= 4 is 46.2 Å². The molecule has 8 heteroatoms. The predicted octanol–water partition coefficient (Wildman–Crippen LogP) is 3.84. The summed E-state index contributed by atoms with van der Waals surface area (Å²) in [5, 5.41) is 11.1. The molecule has 0 aliphatic rings. The molecule has 0 amide bonds. The molecule has 0 saturated heterocycles. The van der Waals surface area contributed by atoms with Crippen molar-refractivity contribution in [2.24, 2.45) is 0 Å². The highest BCUT2D eigenvalue weighted by Gasteiger charge is 2.08. The van der Waals surface area contributed by atoms with Crippen molar-refractivity contribution in [3.63, 3.8) is 0 Å². The molecule has 112 valence electrons. The van der Waals surface area contributed by atoms with Gasteiger partial charge < -0.3 is 10.6 Å². The summed E-state index contributed by atoms with van der Waals surface area (Å²) in [6.45, 7) is 3.13. The number of anilines is 1. The largest absolute Gasteiger partial charge is 0.357 e. The van der Waals surface area contributed by atoms with Crippen LogP contribution in [0.4, 0.5) is 10.1 Å². The van der Waals surface area contributed by atoms with Crippen LogP contribution in [0, 0.1) is 5.82 Å². The van der Waals surface area contributed by atoms with Gasteiger partial charge in [-0.15, -0.1) is 0 Å². The van der Waals surface area contributed by atoms with E-state index in [9.17, 15) is 4.39 Å². The summed E-state index contributed by atoms with van der Waals surface area (Å²) in [7, 11) is 0. The molecule has 4 nitrogen and oxygen atoms in total. The second-order valence-electron chi connectivity index (χ2n) is 4.19. The van der Waals surface area contributed by atoms with E-state index in [1.54, 1.807) is 16.9 Å². The Labute approximate surface area is 137 Å². The zero-order valence-electron chi connectivity index (χ0n) is 11.2. The van der Waals surface area contributed by atoms with E-state index in [2.05, 4.69) is 15.7 Å². The Kier molecular flexibility index (Phi) is 5.39. The van der Waals surface area contributed by atoms with Gasteiger partial charge in [-0.3, -0.25) is 4.68 Å². The van der Waals surface area contributed by atoms with E-state index < -0.39 is 5.82 Å². The van der Waals surface area contributed by atoms with Gasteiger partial charge in [0.25, 0.3) is 0 Å². The zero-order valence-corrected chi connectivity index (χ0v) is 13.5. The van der Waals surface area contributed by atoms with Crippen LogP contribution < -0.4 is 10.6 Å². The number of aromatic nitrogens is 2. The van der Waals surface area contributed by atoms with Gasteiger partial charge in [-0.05, 0) is 37.3 Å². The first-order valence-electron chi connectivity index (χ1n) is 6.21. The fraction of sp³-hybridized carbons (Fsp3) is 0.231. The molecule has 0 spiro atoms. The van der Waals surface area contributed by atoms with Crippen LogP contribution in [0.25, 0.3) is 0 Å². The molecule has 21 heavy (non-hydrogen) atoms. The smallest absolute Gasteiger partial charge is 0.171 e. The van der Waals surface area contributed by atoms with E-state index in [4.69, 9.17) is 35.4 Å². The molecule has 0 bridgehead atoms. The third-order valence-electron chi connectivity index (χ3n) is 2.79. The molecule has 1 heterocycles. The Hall–Kier alpha value is -1.37. The summed E-state index contributed by atoms with van der Waals surface area (Å²) >= 11 is 16.9. The molecule has 0 atom stereocenters. The lowest BCUT2D eigenvalue weighted by Crippen LogP contribution is -2.29. The van der Waals surface area contributed by atoms with Gasteiger partial charge in [0.05, 0.1) is 28.5 Å². The van der Waals surface area contributed by atoms with E-state index in [0.717, 1.165) is 12.2 Å². The number of aryl methyl sites for hydroxylation is 1. The van der Waals surface area contributed by atoms with Crippen LogP contribution in [-0.4, -0.2) is 14.9 Å². The molecule has 1 aromatic heterocycles. The van der Waals surface area contributed by atoms with Gasteiger partial charge in [0.1, 0.15) is 5.82 Å². The second kappa shape index (κ2) is 7.06. The first-order valence-corrected chi connectivity index (χ1v) is 7.37. The van der Waals surface area contributed by atoms with Crippen LogP contribution in [0.1, 0.15) is 12.6 Å². The first-order chi connectivity index (χ1) is 10.0. The summed E-state index contributed by atoms with van der Waals surface area (Å²) in [6.07, 6.45) is 1.60. The van der Waals surface area contributed by atoms with Crippen LogP contribution in [0.2, 0.25) is 10.0 Å². The molecule has 0 fully saturated rings. The lowest BCUT2D eigenvalue weighted by molar-refractivity contribution is 0.614. The van der Waals surface area contributed by atoms with E-state index >= 15 is 0 Å². The van der Waals surface area contributed by atoms with Crippen LogP contribution in [-0.2, 0) is 13.1 Å². The summed E-state index contributed by atoms with van der Waals surface area (Å²) in [5.41, 5.74) is 1.45. The maximum absolute atomic E-state index is 13.1. The highest BCUT2D eigenvalue weighted by atomic mass is 35.5. The van der Waals surface area contributed by atoms with Gasteiger partial charge >= 0.3 is 0 Å². The Morgan fingerprint density at radius 2 is 2.14 bits per heavy atom. The number of hydrogen-bond donors (Lipinski definition) is 2. The van der Waals surface area contributed by atoms with Crippen LogP contribution in [0.15, 0.2) is 24.4 Å². The van der Waals surface area contributed by atoms with Crippen molar-refractivity contribution in [3.8, 4) is 0 Å². The van der Waals surface area contributed by atoms with Gasteiger partial charge in [-0.1, -0.05) is 23.2 Å². The molecular weight excluding hydrogens is 334 g/mol. The maximum atomic E-state index is 13.1. The maximum Gasteiger partial charge on any atom is 0.171 e. The normalized spacial score (nSPS) is 10.5. The molecule has 0 radical (unpaired) electrons. The van der Waals surface area contributed by atoms with E-state index in [1.165, 1.54) is 12.1 Å². The standard InChI is InChI=1S/C13H13Cl2FN4S/c1-2-20-12(10(15)6-18-20)7-17-13(21)19-8-3-4-11(16)9(14)5-8/h3-6H,2,7H2,1H3,(H2,17,19,21). The third kappa shape index (κ3) is 4.06. The van der Waals surface area contributed by atoms with Crippen molar-refractivity contribution in [2.45, 2.75) is 20.0 Å². The molecule has 2 N–H and O–H groups in total. The minimum Gasteiger partial charge on any atom is -0.357 e. The Bertz CT molecular complexity index is 660. The van der Waals surface area contributed by atoms with Gasteiger partial charge in [0.2, 0.25) is 0 Å². The molecule has 2 rings (SSSR count). The zero-order chi connectivity index (χ0) is 15.4. The van der Waals surface area contributed by atoms with Crippen molar-refractivity contribution in [1.29, 1.82) is 0 Å². The number of hydrogen-bond acceptors (Lipinski definition) is 2. The molecular formula is C13H13Cl2FN4S. The van der Waals surface area contributed by atoms with E-state index in [-0.39, 0.29) is 5.02 Å². The Morgan fingerprint density at radius 3 is 2.81 bits per heavy atom. The predicted molar refractivity (Wildman–Crippen MR) is 87.4 cm³/mol. The summed E-state index contributed by atoms with van der Waals surface area (Å²) in [6, 6.07) is 4.29. The van der Waals surface area contributed by atoms with Crippen molar-refractivity contribution in [3.05, 3.63) is 46.0 Å². The van der Waals surface area contributed by atoms with Crippen molar-refractivity contribution < 1.29 is 4.39 Å². The molecule has 0 aliphatic heterocycles. The highest BCUT2D eigenvalue weighted by molar-refractivity contribution is 7.80. The lowest BCUT2D eigenvalue weighted by Gasteiger charge is -2.12. The lowest BCUT2D eigenvalue weighted by atomic mass is 10.3. The van der Waals surface area contributed by atoms with Gasteiger partial charge in [0.15, 0.2) is 5.11 Å². The quantitative estimate of drug-likeness (QED) is 0.825. The summed E-state index contributed by atoms with van der Waals surface area (Å²) in [4.78, 5) is 0. The average Bonchev–Trinajstić information content (AvgIpc) is 2.81. The first kappa shape index (κ1) is 16.0. The molecule has 0 unspecified atom stereocenters. The summed E-state index contributed by atoms with van der Waals surface area (Å²) in [5.74, 6) is -0.472. The fourth-order valence-electron chi connectivity index (χ4n) is 1.75. The average molecular weight is 347 g/mol. The topological polar surface area (TPSA) is 41.9 Å². The number of benzene rings is 1. The number of nitrogens with one attached hydrogen (secondary N) is 2. The Morgan fingerprint density at radius 1 is 1.38 bits per heavy atom. The van der Waals surface area contributed by atoms with Gasteiger partial charge in [-0.2, -0.15) is 5.10 Å². The molecule has 0 aliphatic carbocycles. The molecule has 2 aromatic rings. The molecule has 0 saturated carbocycles.